The van der Waals surface area contributed by atoms with Gasteiger partial charge in [-0.2, -0.15) is 0 Å². The molecule has 0 fully saturated rings. The minimum Gasteiger partial charge on any atom is -0.494 e. The number of amides is 1. The number of carbonyl (C=O) groups excluding carboxylic acids is 1. The van der Waals surface area contributed by atoms with Gasteiger partial charge in [-0.3, -0.25) is 4.79 Å². The number of ether oxygens (including phenoxy) is 1. The number of nitrogens with zero attached hydrogens (tertiary/aromatic N) is 3. The van der Waals surface area contributed by atoms with Gasteiger partial charge in [-0.05, 0) is 49.6 Å². The van der Waals surface area contributed by atoms with E-state index < -0.39 is 0 Å². The average Bonchev–Trinajstić information content (AvgIpc) is 3.29. The van der Waals surface area contributed by atoms with E-state index in [1.165, 1.54) is 16.6 Å². The monoisotopic (exact) mass is 402 g/mol. The molecule has 0 aliphatic carbocycles. The van der Waals surface area contributed by atoms with Gasteiger partial charge in [-0.25, -0.2) is 0 Å². The van der Waals surface area contributed by atoms with E-state index in [-0.39, 0.29) is 11.2 Å². The van der Waals surface area contributed by atoms with Gasteiger partial charge in [0, 0.05) is 24.0 Å². The van der Waals surface area contributed by atoms with Gasteiger partial charge in [0.05, 0.1) is 11.9 Å². The lowest BCUT2D eigenvalue weighted by atomic mass is 10.3. The molecule has 142 valence electrons. The third-order valence-electron chi connectivity index (χ3n) is 3.92. The van der Waals surface area contributed by atoms with Gasteiger partial charge in [0.25, 0.3) is 0 Å². The van der Waals surface area contributed by atoms with Gasteiger partial charge in [0.15, 0.2) is 5.16 Å². The van der Waals surface area contributed by atoms with E-state index in [1.54, 1.807) is 11.3 Å². The van der Waals surface area contributed by atoms with Crippen LogP contribution in [0.4, 0.5) is 5.69 Å². The fourth-order valence-corrected chi connectivity index (χ4v) is 3.96. The van der Waals surface area contributed by atoms with Gasteiger partial charge >= 0.3 is 0 Å². The third kappa shape index (κ3) is 5.11. The number of carbonyl (C=O) groups is 1. The first kappa shape index (κ1) is 19.4. The zero-order valence-electron chi connectivity index (χ0n) is 15.5. The van der Waals surface area contributed by atoms with Crippen LogP contribution in [0.25, 0.3) is 0 Å². The van der Waals surface area contributed by atoms with Crippen molar-refractivity contribution in [2.45, 2.75) is 30.7 Å². The number of nitrogens with one attached hydrogen (secondary N) is 1. The molecular weight excluding hydrogens is 380 g/mol. The lowest BCUT2D eigenvalue weighted by molar-refractivity contribution is -0.115. The predicted molar refractivity (Wildman–Crippen MR) is 110 cm³/mol. The molecule has 0 radical (unpaired) electrons. The van der Waals surface area contributed by atoms with E-state index in [2.05, 4.69) is 27.0 Å². The first-order chi connectivity index (χ1) is 13.1. The molecule has 1 atom stereocenters. The van der Waals surface area contributed by atoms with Crippen molar-refractivity contribution < 1.29 is 9.53 Å². The Morgan fingerprint density at radius 2 is 2.07 bits per heavy atom. The van der Waals surface area contributed by atoms with Crippen LogP contribution < -0.4 is 10.1 Å². The van der Waals surface area contributed by atoms with E-state index in [0.717, 1.165) is 28.8 Å². The van der Waals surface area contributed by atoms with Crippen LogP contribution in [0.1, 0.15) is 24.5 Å². The zero-order valence-corrected chi connectivity index (χ0v) is 17.1. The molecule has 0 aliphatic rings. The molecule has 1 amide bonds. The molecule has 3 rings (SSSR count). The number of aromatic nitrogens is 3. The van der Waals surface area contributed by atoms with Crippen molar-refractivity contribution in [1.82, 2.24) is 14.8 Å². The van der Waals surface area contributed by atoms with Gasteiger partial charge in [0.2, 0.25) is 5.91 Å². The number of thiophene rings is 1. The second-order valence-corrected chi connectivity index (χ2v) is 8.26. The van der Waals surface area contributed by atoms with Crippen molar-refractivity contribution in [3.05, 3.63) is 52.5 Å². The summed E-state index contributed by atoms with van der Waals surface area (Å²) < 4.78 is 7.36. The van der Waals surface area contributed by atoms with E-state index in [4.69, 9.17) is 4.74 Å². The molecule has 0 unspecified atom stereocenters. The number of rotatable bonds is 8. The number of anilines is 1. The summed E-state index contributed by atoms with van der Waals surface area (Å²) in [5, 5.41) is 13.9. The standard InChI is InChI=1S/C19H22N4O2S2/c1-4-25-15-9-7-14(8-10-15)20-18(24)13(2)27-19-22-21-17(23(19)3)12-16-6-5-11-26-16/h5-11,13H,4,12H2,1-3H3,(H,20,24)/t13-/m1/s1. The first-order valence-electron chi connectivity index (χ1n) is 8.68. The van der Waals surface area contributed by atoms with Gasteiger partial charge in [-0.1, -0.05) is 17.8 Å². The van der Waals surface area contributed by atoms with E-state index in [9.17, 15) is 4.79 Å². The Balaban J connectivity index is 1.58. The number of thioether (sulfide) groups is 1. The molecule has 1 N–H and O–H groups in total. The highest BCUT2D eigenvalue weighted by molar-refractivity contribution is 8.00. The Hall–Kier alpha value is -2.32. The smallest absolute Gasteiger partial charge is 0.237 e. The quantitative estimate of drug-likeness (QED) is 0.577. The molecule has 0 saturated heterocycles. The maximum absolute atomic E-state index is 12.5. The number of benzene rings is 1. The summed E-state index contributed by atoms with van der Waals surface area (Å²) in [6.07, 6.45) is 0.745. The normalized spacial score (nSPS) is 12.0. The Labute approximate surface area is 167 Å². The zero-order chi connectivity index (χ0) is 19.2. The molecule has 0 saturated carbocycles. The summed E-state index contributed by atoms with van der Waals surface area (Å²) in [5.74, 6) is 1.60. The summed E-state index contributed by atoms with van der Waals surface area (Å²) in [7, 11) is 1.93. The van der Waals surface area contributed by atoms with Crippen molar-refractivity contribution in [3.8, 4) is 5.75 Å². The molecule has 2 aromatic heterocycles. The maximum atomic E-state index is 12.5. The molecule has 0 aliphatic heterocycles. The third-order valence-corrected chi connectivity index (χ3v) is 5.93. The summed E-state index contributed by atoms with van der Waals surface area (Å²) >= 11 is 3.10. The SMILES string of the molecule is CCOc1ccc(NC(=O)[C@@H](C)Sc2nnc(Cc3cccs3)n2C)cc1. The molecule has 0 bridgehead atoms. The highest BCUT2D eigenvalue weighted by Crippen LogP contribution is 2.24. The Bertz CT molecular complexity index is 876. The van der Waals surface area contributed by atoms with Crippen molar-refractivity contribution in [3.63, 3.8) is 0 Å². The molecule has 0 spiro atoms. The van der Waals surface area contributed by atoms with Gasteiger partial charge in [-0.15, -0.1) is 21.5 Å². The molecule has 2 heterocycles. The number of hydrogen-bond donors (Lipinski definition) is 1. The predicted octanol–water partition coefficient (Wildman–Crippen LogP) is 3.99. The first-order valence-corrected chi connectivity index (χ1v) is 10.4. The Morgan fingerprint density at radius 1 is 1.30 bits per heavy atom. The van der Waals surface area contributed by atoms with Crippen LogP contribution in [0.15, 0.2) is 46.9 Å². The topological polar surface area (TPSA) is 69.0 Å². The summed E-state index contributed by atoms with van der Waals surface area (Å²) in [4.78, 5) is 13.7. The Morgan fingerprint density at radius 3 is 2.74 bits per heavy atom. The lowest BCUT2D eigenvalue weighted by Crippen LogP contribution is -2.22. The van der Waals surface area contributed by atoms with Crippen LogP contribution in [0.3, 0.4) is 0 Å². The summed E-state index contributed by atoms with van der Waals surface area (Å²) in [6.45, 7) is 4.42. The van der Waals surface area contributed by atoms with E-state index in [0.29, 0.717) is 6.61 Å². The van der Waals surface area contributed by atoms with Crippen molar-refractivity contribution in [2.24, 2.45) is 7.05 Å². The minimum atomic E-state index is -0.297. The van der Waals surface area contributed by atoms with Gasteiger partial charge in [0.1, 0.15) is 11.6 Å². The minimum absolute atomic E-state index is 0.0769. The second-order valence-electron chi connectivity index (χ2n) is 5.92. The fraction of sp³-hybridized carbons (Fsp3) is 0.316. The molecule has 8 heteroatoms. The van der Waals surface area contributed by atoms with E-state index >= 15 is 0 Å². The van der Waals surface area contributed by atoms with Crippen LogP contribution in [-0.4, -0.2) is 32.5 Å². The van der Waals surface area contributed by atoms with Crippen LogP contribution in [-0.2, 0) is 18.3 Å². The van der Waals surface area contributed by atoms with Crippen LogP contribution >= 0.6 is 23.1 Å². The Kier molecular flexibility index (Phi) is 6.52. The van der Waals surface area contributed by atoms with Crippen molar-refractivity contribution >= 4 is 34.7 Å². The molecular formula is C19H22N4O2S2. The van der Waals surface area contributed by atoms with Crippen LogP contribution in [0, 0.1) is 0 Å². The summed E-state index contributed by atoms with van der Waals surface area (Å²) in [5.41, 5.74) is 0.743. The van der Waals surface area contributed by atoms with Gasteiger partial charge < -0.3 is 14.6 Å². The highest BCUT2D eigenvalue weighted by atomic mass is 32.2. The van der Waals surface area contributed by atoms with Crippen molar-refractivity contribution in [1.29, 1.82) is 0 Å². The average molecular weight is 403 g/mol. The molecule has 27 heavy (non-hydrogen) atoms. The number of hydrogen-bond acceptors (Lipinski definition) is 6. The summed E-state index contributed by atoms with van der Waals surface area (Å²) in [6, 6.07) is 11.5. The maximum Gasteiger partial charge on any atom is 0.237 e. The largest absolute Gasteiger partial charge is 0.494 e. The second kappa shape index (κ2) is 9.05. The van der Waals surface area contributed by atoms with Crippen LogP contribution in [0.5, 0.6) is 5.75 Å². The molecule has 3 aromatic rings. The molecule has 1 aromatic carbocycles. The van der Waals surface area contributed by atoms with Crippen molar-refractivity contribution in [2.75, 3.05) is 11.9 Å². The molecule has 6 nitrogen and oxygen atoms in total. The fourth-order valence-electron chi connectivity index (χ4n) is 2.43. The lowest BCUT2D eigenvalue weighted by Gasteiger charge is -2.12. The van der Waals surface area contributed by atoms with E-state index in [1.807, 2.05) is 55.8 Å². The highest BCUT2D eigenvalue weighted by Gasteiger charge is 2.19. The van der Waals surface area contributed by atoms with Crippen LogP contribution in [0.2, 0.25) is 0 Å².